The van der Waals surface area contributed by atoms with Gasteiger partial charge in [-0.25, -0.2) is 13.6 Å². The van der Waals surface area contributed by atoms with E-state index >= 15 is 0 Å². The van der Waals surface area contributed by atoms with Crippen LogP contribution in [0.5, 0.6) is 0 Å². The maximum absolute atomic E-state index is 13.3. The predicted molar refractivity (Wildman–Crippen MR) is 57.5 cm³/mol. The Morgan fingerprint density at radius 3 is 2.32 bits per heavy atom. The van der Waals surface area contributed by atoms with Crippen LogP contribution in [0.3, 0.4) is 0 Å². The minimum absolute atomic E-state index is 0.460. The number of amides is 1. The Bertz CT molecular complexity index is 532. The molecule has 0 fully saturated rings. The highest BCUT2D eigenvalue weighted by Gasteiger charge is 2.24. The molecule has 1 aromatic rings. The zero-order chi connectivity index (χ0) is 14.6. The van der Waals surface area contributed by atoms with E-state index in [1.165, 1.54) is 0 Å². The summed E-state index contributed by atoms with van der Waals surface area (Å²) in [6.07, 6.45) is -0.857. The summed E-state index contributed by atoms with van der Waals surface area (Å²) < 4.78 is 25.9. The van der Waals surface area contributed by atoms with Gasteiger partial charge in [0.1, 0.15) is 17.7 Å². The Balaban J connectivity index is 2.87. The fraction of sp³-hybridized carbons (Fsp3) is 0.182. The number of carboxylic acids is 2. The second-order valence-electron chi connectivity index (χ2n) is 3.59. The van der Waals surface area contributed by atoms with Crippen LogP contribution in [0.2, 0.25) is 0 Å². The number of carbonyl (C=O) groups is 3. The number of aliphatic carboxylic acids is 2. The lowest BCUT2D eigenvalue weighted by molar-refractivity contribution is -0.145. The van der Waals surface area contributed by atoms with Gasteiger partial charge in [0, 0.05) is 6.07 Å². The predicted octanol–water partition coefficient (Wildman–Crippen LogP) is 0.622. The van der Waals surface area contributed by atoms with Gasteiger partial charge >= 0.3 is 11.9 Å². The third-order valence-corrected chi connectivity index (χ3v) is 2.16. The molecule has 8 heteroatoms. The fourth-order valence-electron chi connectivity index (χ4n) is 1.28. The molecule has 0 unspecified atom stereocenters. The van der Waals surface area contributed by atoms with E-state index in [0.717, 1.165) is 12.1 Å². The molecule has 19 heavy (non-hydrogen) atoms. The minimum Gasteiger partial charge on any atom is -0.481 e. The van der Waals surface area contributed by atoms with Gasteiger partial charge in [0.15, 0.2) is 0 Å². The van der Waals surface area contributed by atoms with Crippen LogP contribution in [0.25, 0.3) is 0 Å². The van der Waals surface area contributed by atoms with Gasteiger partial charge in [-0.05, 0) is 12.1 Å². The largest absolute Gasteiger partial charge is 0.481 e. The smallest absolute Gasteiger partial charge is 0.326 e. The van der Waals surface area contributed by atoms with Crippen LogP contribution in [-0.4, -0.2) is 34.1 Å². The van der Waals surface area contributed by atoms with Crippen LogP contribution in [0.1, 0.15) is 16.8 Å². The summed E-state index contributed by atoms with van der Waals surface area (Å²) in [5.41, 5.74) is -0.571. The molecule has 6 nitrogen and oxygen atoms in total. The molecule has 0 heterocycles. The van der Waals surface area contributed by atoms with Crippen molar-refractivity contribution >= 4 is 17.8 Å². The highest BCUT2D eigenvalue weighted by molar-refractivity contribution is 5.97. The first-order chi connectivity index (χ1) is 8.81. The first-order valence-corrected chi connectivity index (χ1v) is 5.01. The van der Waals surface area contributed by atoms with Gasteiger partial charge in [-0.3, -0.25) is 9.59 Å². The van der Waals surface area contributed by atoms with Crippen LogP contribution >= 0.6 is 0 Å². The van der Waals surface area contributed by atoms with Gasteiger partial charge in [-0.15, -0.1) is 0 Å². The zero-order valence-electron chi connectivity index (χ0n) is 9.39. The van der Waals surface area contributed by atoms with E-state index in [2.05, 4.69) is 0 Å². The molecule has 1 atom stereocenters. The highest BCUT2D eigenvalue weighted by atomic mass is 19.1. The van der Waals surface area contributed by atoms with Crippen molar-refractivity contribution in [2.45, 2.75) is 12.5 Å². The van der Waals surface area contributed by atoms with Crippen LogP contribution in [-0.2, 0) is 9.59 Å². The number of halogens is 2. The number of hydrogen-bond donors (Lipinski definition) is 3. The normalized spacial score (nSPS) is 11.7. The van der Waals surface area contributed by atoms with Crippen LogP contribution < -0.4 is 5.32 Å². The summed E-state index contributed by atoms with van der Waals surface area (Å²) in [4.78, 5) is 32.7. The number of nitrogens with one attached hydrogen (secondary N) is 1. The summed E-state index contributed by atoms with van der Waals surface area (Å²) in [6.45, 7) is 0. The lowest BCUT2D eigenvalue weighted by atomic mass is 10.1. The third kappa shape index (κ3) is 4.02. The second-order valence-corrected chi connectivity index (χ2v) is 3.59. The van der Waals surface area contributed by atoms with E-state index in [0.29, 0.717) is 6.07 Å². The van der Waals surface area contributed by atoms with Gasteiger partial charge in [0.05, 0.1) is 12.0 Å². The van der Waals surface area contributed by atoms with E-state index in [1.807, 2.05) is 5.32 Å². The molecule has 0 spiro atoms. The number of rotatable bonds is 5. The number of benzene rings is 1. The Morgan fingerprint density at radius 2 is 1.84 bits per heavy atom. The van der Waals surface area contributed by atoms with E-state index < -0.39 is 47.5 Å². The van der Waals surface area contributed by atoms with Crippen molar-refractivity contribution in [3.8, 4) is 0 Å². The second kappa shape index (κ2) is 5.89. The molecule has 0 saturated heterocycles. The zero-order valence-corrected chi connectivity index (χ0v) is 9.39. The Kier molecular flexibility index (Phi) is 4.51. The first kappa shape index (κ1) is 14.6. The lowest BCUT2D eigenvalue weighted by Crippen LogP contribution is -2.42. The first-order valence-electron chi connectivity index (χ1n) is 5.01. The van der Waals surface area contributed by atoms with Gasteiger partial charge in [0.25, 0.3) is 5.91 Å². The monoisotopic (exact) mass is 273 g/mol. The highest BCUT2D eigenvalue weighted by Crippen LogP contribution is 2.10. The molecule has 102 valence electrons. The molecule has 0 radical (unpaired) electrons. The van der Waals surface area contributed by atoms with Crippen LogP contribution in [0, 0.1) is 11.6 Å². The number of carboxylic acid groups (broad SMARTS) is 2. The van der Waals surface area contributed by atoms with E-state index in [9.17, 15) is 23.2 Å². The van der Waals surface area contributed by atoms with Crippen molar-refractivity contribution in [1.29, 1.82) is 0 Å². The van der Waals surface area contributed by atoms with Crippen molar-refractivity contribution < 1.29 is 33.4 Å². The molecular formula is C11H9F2NO5. The summed E-state index contributed by atoms with van der Waals surface area (Å²) in [7, 11) is 0. The summed E-state index contributed by atoms with van der Waals surface area (Å²) >= 11 is 0. The van der Waals surface area contributed by atoms with Crippen LogP contribution in [0.4, 0.5) is 8.78 Å². The van der Waals surface area contributed by atoms with Crippen molar-refractivity contribution in [3.05, 3.63) is 35.4 Å². The maximum Gasteiger partial charge on any atom is 0.326 e. The summed E-state index contributed by atoms with van der Waals surface area (Å²) in [5.74, 6) is -6.21. The molecule has 0 saturated carbocycles. The minimum atomic E-state index is -1.70. The van der Waals surface area contributed by atoms with E-state index in [-0.39, 0.29) is 0 Å². The Labute approximate surface area is 105 Å². The summed E-state index contributed by atoms with van der Waals surface area (Å²) in [5, 5.41) is 19.0. The average Bonchev–Trinajstić information content (AvgIpc) is 2.26. The topological polar surface area (TPSA) is 104 Å². The van der Waals surface area contributed by atoms with Gasteiger partial charge in [-0.2, -0.15) is 0 Å². The van der Waals surface area contributed by atoms with E-state index in [1.54, 1.807) is 0 Å². The van der Waals surface area contributed by atoms with Gasteiger partial charge < -0.3 is 15.5 Å². The fourth-order valence-corrected chi connectivity index (χ4v) is 1.28. The molecule has 1 aromatic carbocycles. The number of carbonyl (C=O) groups excluding carboxylic acids is 1. The SMILES string of the molecule is O=C(O)C[C@@H](NC(=O)c1ccc(F)cc1F)C(=O)O. The average molecular weight is 273 g/mol. The molecular weight excluding hydrogens is 264 g/mol. The quantitative estimate of drug-likeness (QED) is 0.729. The Hall–Kier alpha value is -2.51. The molecule has 0 aromatic heterocycles. The van der Waals surface area contributed by atoms with Crippen molar-refractivity contribution in [2.75, 3.05) is 0 Å². The molecule has 0 aliphatic heterocycles. The van der Waals surface area contributed by atoms with E-state index in [4.69, 9.17) is 10.2 Å². The maximum atomic E-state index is 13.3. The summed E-state index contributed by atoms with van der Waals surface area (Å²) in [6, 6.07) is 0.418. The van der Waals surface area contributed by atoms with Gasteiger partial charge in [-0.1, -0.05) is 0 Å². The molecule has 3 N–H and O–H groups in total. The lowest BCUT2D eigenvalue weighted by Gasteiger charge is -2.12. The van der Waals surface area contributed by atoms with Crippen molar-refractivity contribution in [2.24, 2.45) is 0 Å². The van der Waals surface area contributed by atoms with Crippen molar-refractivity contribution in [1.82, 2.24) is 5.32 Å². The molecule has 0 aliphatic rings. The van der Waals surface area contributed by atoms with Crippen molar-refractivity contribution in [3.63, 3.8) is 0 Å². The molecule has 0 aliphatic carbocycles. The third-order valence-electron chi connectivity index (χ3n) is 2.16. The Morgan fingerprint density at radius 1 is 1.21 bits per heavy atom. The molecule has 0 bridgehead atoms. The standard InChI is InChI=1S/C11H9F2NO5/c12-5-1-2-6(7(13)3-5)10(17)14-8(11(18)19)4-9(15)16/h1-3,8H,4H2,(H,14,17)(H,15,16)(H,18,19)/t8-/m1/s1. The van der Waals surface area contributed by atoms with Crippen LogP contribution in [0.15, 0.2) is 18.2 Å². The molecule has 1 rings (SSSR count). The molecule has 1 amide bonds. The number of hydrogen-bond acceptors (Lipinski definition) is 3. The van der Waals surface area contributed by atoms with Gasteiger partial charge in [0.2, 0.25) is 0 Å².